The second kappa shape index (κ2) is 6.28. The summed E-state index contributed by atoms with van der Waals surface area (Å²) in [5, 5.41) is 12.3. The highest BCUT2D eigenvalue weighted by atomic mass is 32.1. The fraction of sp³-hybridized carbons (Fsp3) is 0.765. The normalized spacial score (nSPS) is 28.1. The number of carbonyl (C=O) groups excluding carboxylic acids is 1. The molecule has 122 valence electrons. The van der Waals surface area contributed by atoms with Crippen LogP contribution in [0.5, 0.6) is 0 Å². The van der Waals surface area contributed by atoms with E-state index in [0.717, 1.165) is 48.4 Å². The van der Waals surface area contributed by atoms with E-state index in [-0.39, 0.29) is 17.8 Å². The topological polar surface area (TPSA) is 59.4 Å². The molecule has 1 unspecified atom stereocenters. The van der Waals surface area contributed by atoms with Crippen LogP contribution in [0.25, 0.3) is 0 Å². The van der Waals surface area contributed by atoms with Crippen molar-refractivity contribution in [3.8, 4) is 0 Å². The summed E-state index contributed by atoms with van der Waals surface area (Å²) in [4.78, 5) is 17.5. The smallest absolute Gasteiger partial charge is 0.308 e. The van der Waals surface area contributed by atoms with E-state index in [1.165, 1.54) is 0 Å². The zero-order valence-corrected chi connectivity index (χ0v) is 14.2. The van der Waals surface area contributed by atoms with Gasteiger partial charge in [0.25, 0.3) is 0 Å². The zero-order chi connectivity index (χ0) is 15.7. The van der Waals surface area contributed by atoms with Gasteiger partial charge in [0.2, 0.25) is 0 Å². The molecule has 1 N–H and O–H groups in total. The molecule has 2 saturated carbocycles. The van der Waals surface area contributed by atoms with Crippen molar-refractivity contribution >= 4 is 17.3 Å². The molecule has 0 aromatic carbocycles. The van der Waals surface area contributed by atoms with E-state index in [0.29, 0.717) is 12.5 Å². The molecule has 0 saturated heterocycles. The summed E-state index contributed by atoms with van der Waals surface area (Å²) in [5.41, 5.74) is -0.779. The molecule has 0 radical (unpaired) electrons. The molecule has 2 aliphatic rings. The number of aryl methyl sites for hydroxylation is 1. The monoisotopic (exact) mass is 323 g/mol. The first kappa shape index (κ1) is 15.9. The number of esters is 1. The van der Waals surface area contributed by atoms with Crippen molar-refractivity contribution in [1.82, 2.24) is 4.98 Å². The van der Waals surface area contributed by atoms with E-state index < -0.39 is 5.60 Å². The van der Waals surface area contributed by atoms with Crippen molar-refractivity contribution in [1.29, 1.82) is 0 Å². The molecule has 5 heteroatoms. The number of thiazole rings is 1. The van der Waals surface area contributed by atoms with Gasteiger partial charge in [0, 0.05) is 11.1 Å². The Morgan fingerprint density at radius 3 is 2.36 bits per heavy atom. The maximum atomic E-state index is 11.9. The van der Waals surface area contributed by atoms with E-state index in [4.69, 9.17) is 4.74 Å². The van der Waals surface area contributed by atoms with Crippen molar-refractivity contribution in [2.45, 2.75) is 58.0 Å². The molecule has 3 rings (SSSR count). The molecular formula is C17H25NO3S. The zero-order valence-electron chi connectivity index (χ0n) is 13.4. The number of nitrogens with zero attached hydrogens (tertiary/aromatic N) is 1. The Balaban J connectivity index is 1.71. The third-order valence-electron chi connectivity index (χ3n) is 5.13. The predicted octanol–water partition coefficient (Wildman–Crippen LogP) is 3.42. The molecule has 1 aromatic heterocycles. The van der Waals surface area contributed by atoms with Crippen LogP contribution in [-0.2, 0) is 15.1 Å². The van der Waals surface area contributed by atoms with Crippen LogP contribution < -0.4 is 0 Å². The van der Waals surface area contributed by atoms with Gasteiger partial charge in [-0.3, -0.25) is 4.79 Å². The minimum absolute atomic E-state index is 0.0117. The van der Waals surface area contributed by atoms with Crippen LogP contribution in [0.4, 0.5) is 0 Å². The van der Waals surface area contributed by atoms with Gasteiger partial charge in [-0.05, 0) is 64.2 Å². The number of ether oxygens (including phenoxy) is 1. The summed E-state index contributed by atoms with van der Waals surface area (Å²) in [7, 11) is 0. The van der Waals surface area contributed by atoms with Crippen molar-refractivity contribution in [2.75, 3.05) is 6.61 Å². The highest BCUT2D eigenvalue weighted by Crippen LogP contribution is 2.54. The van der Waals surface area contributed by atoms with Crippen molar-refractivity contribution in [2.24, 2.45) is 17.8 Å². The first-order valence-corrected chi connectivity index (χ1v) is 9.19. The van der Waals surface area contributed by atoms with Crippen LogP contribution in [0.1, 0.15) is 55.3 Å². The van der Waals surface area contributed by atoms with Gasteiger partial charge in [0.05, 0.1) is 12.5 Å². The fourth-order valence-electron chi connectivity index (χ4n) is 3.78. The number of rotatable bonds is 5. The number of aromatic nitrogens is 1. The lowest BCUT2D eigenvalue weighted by Gasteiger charge is -2.39. The second-order valence-electron chi connectivity index (χ2n) is 6.68. The second-order valence-corrected chi connectivity index (χ2v) is 7.91. The average Bonchev–Trinajstić information content (AvgIpc) is 3.29. The molecule has 2 fully saturated rings. The van der Waals surface area contributed by atoms with Gasteiger partial charge in [-0.2, -0.15) is 0 Å². The van der Waals surface area contributed by atoms with Gasteiger partial charge in [0.1, 0.15) is 10.6 Å². The molecule has 0 bridgehead atoms. The van der Waals surface area contributed by atoms with E-state index in [1.807, 2.05) is 20.0 Å². The lowest BCUT2D eigenvalue weighted by molar-refractivity contribution is -0.151. The minimum atomic E-state index is -0.779. The molecular weight excluding hydrogens is 298 g/mol. The number of hydrogen-bond donors (Lipinski definition) is 1. The first-order valence-electron chi connectivity index (χ1n) is 8.37. The van der Waals surface area contributed by atoms with Gasteiger partial charge in [0.15, 0.2) is 0 Å². The standard InChI is InChI=1S/C17H25NO3S/c1-3-21-15(19)12-4-6-13(7-5-12)17(20,14-8-9-14)16-18-10-11(2)22-16/h10,12-14,20H,3-9H2,1-2H3. The number of carbonyl (C=O) groups is 1. The van der Waals surface area contributed by atoms with Crippen LogP contribution >= 0.6 is 11.3 Å². The Bertz CT molecular complexity index is 532. The third-order valence-corrected chi connectivity index (χ3v) is 6.19. The largest absolute Gasteiger partial charge is 0.466 e. The molecule has 2 aliphatic carbocycles. The Kier molecular flexibility index (Phi) is 4.55. The molecule has 1 atom stereocenters. The van der Waals surface area contributed by atoms with Crippen molar-refractivity contribution < 1.29 is 14.6 Å². The van der Waals surface area contributed by atoms with E-state index in [9.17, 15) is 9.90 Å². The maximum Gasteiger partial charge on any atom is 0.308 e. The Morgan fingerprint density at radius 2 is 1.91 bits per heavy atom. The number of aliphatic hydroxyl groups is 1. The molecule has 1 heterocycles. The van der Waals surface area contributed by atoms with Crippen LogP contribution in [0.15, 0.2) is 6.20 Å². The summed E-state index contributed by atoms with van der Waals surface area (Å²) in [6.45, 7) is 4.33. The Hall–Kier alpha value is -0.940. The molecule has 0 spiro atoms. The first-order chi connectivity index (χ1) is 10.6. The molecule has 1 aromatic rings. The lowest BCUT2D eigenvalue weighted by Crippen LogP contribution is -2.40. The molecule has 22 heavy (non-hydrogen) atoms. The Labute approximate surface area is 135 Å². The van der Waals surface area contributed by atoms with E-state index in [2.05, 4.69) is 4.98 Å². The highest BCUT2D eigenvalue weighted by molar-refractivity contribution is 7.11. The summed E-state index contributed by atoms with van der Waals surface area (Å²) >= 11 is 1.62. The van der Waals surface area contributed by atoms with E-state index >= 15 is 0 Å². The van der Waals surface area contributed by atoms with Crippen LogP contribution in [-0.4, -0.2) is 22.7 Å². The fourth-order valence-corrected chi connectivity index (χ4v) is 4.79. The van der Waals surface area contributed by atoms with Gasteiger partial charge < -0.3 is 9.84 Å². The Morgan fingerprint density at radius 1 is 1.32 bits per heavy atom. The van der Waals surface area contributed by atoms with Crippen LogP contribution in [0, 0.1) is 24.7 Å². The minimum Gasteiger partial charge on any atom is -0.466 e. The molecule has 0 amide bonds. The summed E-state index contributed by atoms with van der Waals surface area (Å²) in [6, 6.07) is 0. The van der Waals surface area contributed by atoms with E-state index in [1.54, 1.807) is 11.3 Å². The van der Waals surface area contributed by atoms with Crippen molar-refractivity contribution in [3.05, 3.63) is 16.1 Å². The summed E-state index contributed by atoms with van der Waals surface area (Å²) in [6.07, 6.45) is 7.45. The predicted molar refractivity (Wildman–Crippen MR) is 85.6 cm³/mol. The van der Waals surface area contributed by atoms with Crippen LogP contribution in [0.2, 0.25) is 0 Å². The highest BCUT2D eigenvalue weighted by Gasteiger charge is 2.53. The van der Waals surface area contributed by atoms with Gasteiger partial charge in [-0.1, -0.05) is 0 Å². The average molecular weight is 323 g/mol. The van der Waals surface area contributed by atoms with Gasteiger partial charge in [-0.25, -0.2) is 4.98 Å². The summed E-state index contributed by atoms with van der Waals surface area (Å²) in [5.74, 6) is 0.511. The SMILES string of the molecule is CCOC(=O)C1CCC(C(O)(c2ncc(C)s2)C2CC2)CC1. The van der Waals surface area contributed by atoms with Crippen LogP contribution in [0.3, 0.4) is 0 Å². The molecule has 0 aliphatic heterocycles. The van der Waals surface area contributed by atoms with Crippen molar-refractivity contribution in [3.63, 3.8) is 0 Å². The van der Waals surface area contributed by atoms with Gasteiger partial charge >= 0.3 is 5.97 Å². The number of hydrogen-bond acceptors (Lipinski definition) is 5. The molecule has 4 nitrogen and oxygen atoms in total. The summed E-state index contributed by atoms with van der Waals surface area (Å²) < 4.78 is 5.14. The van der Waals surface area contributed by atoms with Gasteiger partial charge in [-0.15, -0.1) is 11.3 Å². The lowest BCUT2D eigenvalue weighted by atomic mass is 9.71. The third kappa shape index (κ3) is 2.93. The maximum absolute atomic E-state index is 11.9. The quantitative estimate of drug-likeness (QED) is 0.844.